The van der Waals surface area contributed by atoms with E-state index < -0.39 is 0 Å². The molecule has 0 aliphatic carbocycles. The molecule has 1 aromatic carbocycles. The Hall–Kier alpha value is -3.41. The van der Waals surface area contributed by atoms with Gasteiger partial charge in [-0.3, -0.25) is 19.9 Å². The summed E-state index contributed by atoms with van der Waals surface area (Å²) in [5.74, 6) is 1.36. The average molecular weight is 523 g/mol. The number of anilines is 1. The number of carbonyl (C=O) groups excluding carboxylic acids is 2. The molecule has 0 radical (unpaired) electrons. The fourth-order valence-corrected chi connectivity index (χ4v) is 5.77. The number of benzene rings is 1. The molecule has 1 aliphatic heterocycles. The number of aromatic amines is 1. The molecule has 4 aromatic rings. The summed E-state index contributed by atoms with van der Waals surface area (Å²) < 4.78 is 6.56. The molecular formula is C26H30N6O4S. The van der Waals surface area contributed by atoms with E-state index in [2.05, 4.69) is 15.1 Å². The van der Waals surface area contributed by atoms with Crippen LogP contribution in [0.25, 0.3) is 32.5 Å². The van der Waals surface area contributed by atoms with Crippen molar-refractivity contribution in [1.82, 2.24) is 25.6 Å². The number of hydrogen-bond donors (Lipinski definition) is 3. The van der Waals surface area contributed by atoms with Crippen molar-refractivity contribution in [1.29, 1.82) is 0 Å². The highest BCUT2D eigenvalue weighted by molar-refractivity contribution is 7.19. The largest absolute Gasteiger partial charge is 0.378 e. The molecule has 3 aromatic heterocycles. The van der Waals surface area contributed by atoms with E-state index in [9.17, 15) is 9.59 Å². The Kier molecular flexibility index (Phi) is 8.02. The molecule has 1 aliphatic rings. The van der Waals surface area contributed by atoms with E-state index in [1.54, 1.807) is 23.0 Å². The monoisotopic (exact) mass is 522 g/mol. The summed E-state index contributed by atoms with van der Waals surface area (Å²) in [7, 11) is 0. The van der Waals surface area contributed by atoms with E-state index in [1.165, 1.54) is 0 Å². The SMILES string of the molecule is O=C(CCCCCCC(=O)NO)Cc1cc2nc(-c3cccc4[nH]ncc34)nc(N3CCOCC3)c2s1. The van der Waals surface area contributed by atoms with Gasteiger partial charge in [0.05, 0.1) is 35.1 Å². The summed E-state index contributed by atoms with van der Waals surface area (Å²) in [6.07, 6.45) is 6.22. The van der Waals surface area contributed by atoms with Gasteiger partial charge in [-0.05, 0) is 25.0 Å². The van der Waals surface area contributed by atoms with E-state index in [0.717, 1.165) is 69.7 Å². The van der Waals surface area contributed by atoms with Crippen molar-refractivity contribution in [3.8, 4) is 11.4 Å². The Balaban J connectivity index is 1.34. The van der Waals surface area contributed by atoms with Crippen LogP contribution in [0.4, 0.5) is 5.82 Å². The van der Waals surface area contributed by atoms with Crippen LogP contribution in [0.3, 0.4) is 0 Å². The highest BCUT2D eigenvalue weighted by Gasteiger charge is 2.21. The number of H-pyrrole nitrogens is 1. The Morgan fingerprint density at radius 1 is 1.11 bits per heavy atom. The van der Waals surface area contributed by atoms with Crippen LogP contribution in [-0.2, 0) is 20.7 Å². The van der Waals surface area contributed by atoms with Crippen LogP contribution < -0.4 is 10.4 Å². The number of rotatable bonds is 11. The van der Waals surface area contributed by atoms with Gasteiger partial charge in [-0.1, -0.05) is 25.0 Å². The summed E-state index contributed by atoms with van der Waals surface area (Å²) in [4.78, 5) is 36.9. The molecule has 5 rings (SSSR count). The lowest BCUT2D eigenvalue weighted by molar-refractivity contribution is -0.129. The van der Waals surface area contributed by atoms with Gasteiger partial charge in [0.15, 0.2) is 11.6 Å². The smallest absolute Gasteiger partial charge is 0.243 e. The van der Waals surface area contributed by atoms with Crippen LogP contribution in [0.15, 0.2) is 30.5 Å². The van der Waals surface area contributed by atoms with Crippen LogP contribution in [0, 0.1) is 0 Å². The first kappa shape index (κ1) is 25.2. The van der Waals surface area contributed by atoms with Crippen molar-refractivity contribution >= 4 is 50.0 Å². The maximum absolute atomic E-state index is 12.7. The number of ether oxygens (including phenoxy) is 1. The summed E-state index contributed by atoms with van der Waals surface area (Å²) in [6, 6.07) is 7.98. The lowest BCUT2D eigenvalue weighted by Gasteiger charge is -2.28. The minimum absolute atomic E-state index is 0.198. The zero-order chi connectivity index (χ0) is 25.6. The number of aromatic nitrogens is 4. The van der Waals surface area contributed by atoms with Crippen LogP contribution in [0.5, 0.6) is 0 Å². The standard InChI is InChI=1S/C26H30N6O4S/c33-17(6-3-1-2-4-9-23(34)31-35)14-18-15-22-24(37-18)26(32-10-12-36-13-11-32)29-25(28-22)19-7-5-8-21-20(19)16-27-30-21/h5,7-8,15-16,35H,1-4,6,9-14H2,(H,27,30)(H,31,34). The highest BCUT2D eigenvalue weighted by atomic mass is 32.1. The average Bonchev–Trinajstić information content (AvgIpc) is 3.57. The maximum Gasteiger partial charge on any atom is 0.243 e. The number of nitrogens with one attached hydrogen (secondary N) is 2. The first-order chi connectivity index (χ1) is 18.1. The van der Waals surface area contributed by atoms with Gasteiger partial charge in [-0.25, -0.2) is 15.4 Å². The van der Waals surface area contributed by atoms with Gasteiger partial charge in [-0.2, -0.15) is 5.10 Å². The number of thiophene rings is 1. The molecule has 1 amide bonds. The Morgan fingerprint density at radius 3 is 2.73 bits per heavy atom. The normalized spacial score (nSPS) is 13.9. The number of carbonyl (C=O) groups is 2. The molecule has 1 fully saturated rings. The molecule has 0 bridgehead atoms. The number of hydroxylamine groups is 1. The molecule has 0 atom stereocenters. The van der Waals surface area contributed by atoms with Crippen molar-refractivity contribution < 1.29 is 19.5 Å². The fourth-order valence-electron chi connectivity index (χ4n) is 4.62. The van der Waals surface area contributed by atoms with Crippen molar-refractivity contribution in [3.05, 3.63) is 35.3 Å². The van der Waals surface area contributed by atoms with E-state index >= 15 is 0 Å². The summed E-state index contributed by atoms with van der Waals surface area (Å²) >= 11 is 1.59. The highest BCUT2D eigenvalue weighted by Crippen LogP contribution is 2.36. The van der Waals surface area contributed by atoms with Gasteiger partial charge >= 0.3 is 0 Å². The molecule has 3 N–H and O–H groups in total. The Bertz CT molecular complexity index is 1390. The predicted octanol–water partition coefficient (Wildman–Crippen LogP) is 4.03. The van der Waals surface area contributed by atoms with E-state index in [0.29, 0.717) is 44.7 Å². The van der Waals surface area contributed by atoms with Crippen molar-refractivity contribution in [2.45, 2.75) is 44.9 Å². The fraction of sp³-hybridized carbons (Fsp3) is 0.423. The summed E-state index contributed by atoms with van der Waals surface area (Å²) in [6.45, 7) is 2.82. The topological polar surface area (TPSA) is 133 Å². The summed E-state index contributed by atoms with van der Waals surface area (Å²) in [5, 5.41) is 16.7. The predicted molar refractivity (Wildman–Crippen MR) is 142 cm³/mol. The van der Waals surface area contributed by atoms with Crippen molar-refractivity contribution in [3.63, 3.8) is 0 Å². The van der Waals surface area contributed by atoms with Crippen LogP contribution in [0.2, 0.25) is 0 Å². The molecule has 4 heterocycles. The van der Waals surface area contributed by atoms with Crippen molar-refractivity contribution in [2.24, 2.45) is 0 Å². The van der Waals surface area contributed by atoms with Gasteiger partial charge < -0.3 is 9.64 Å². The number of amides is 1. The Morgan fingerprint density at radius 2 is 1.92 bits per heavy atom. The number of ketones is 1. The second-order valence-corrected chi connectivity index (χ2v) is 10.3. The first-order valence-corrected chi connectivity index (χ1v) is 13.4. The molecule has 0 unspecified atom stereocenters. The van der Waals surface area contributed by atoms with E-state index in [4.69, 9.17) is 19.9 Å². The zero-order valence-corrected chi connectivity index (χ0v) is 21.4. The lowest BCUT2D eigenvalue weighted by atomic mass is 10.1. The molecule has 0 spiro atoms. The number of fused-ring (bicyclic) bond motifs is 2. The van der Waals surface area contributed by atoms with Gasteiger partial charge in [0.25, 0.3) is 0 Å². The van der Waals surface area contributed by atoms with Gasteiger partial charge in [0.1, 0.15) is 5.78 Å². The van der Waals surface area contributed by atoms with Crippen LogP contribution in [-0.4, -0.2) is 63.4 Å². The molecule has 194 valence electrons. The van der Waals surface area contributed by atoms with E-state index in [1.807, 2.05) is 24.3 Å². The third-order valence-corrected chi connectivity index (χ3v) is 7.67. The zero-order valence-electron chi connectivity index (χ0n) is 20.5. The maximum atomic E-state index is 12.7. The quantitative estimate of drug-likeness (QED) is 0.153. The molecule has 0 saturated carbocycles. The number of morpholine rings is 1. The molecule has 37 heavy (non-hydrogen) atoms. The molecular weight excluding hydrogens is 492 g/mol. The second kappa shape index (κ2) is 11.8. The van der Waals surface area contributed by atoms with Crippen molar-refractivity contribution in [2.75, 3.05) is 31.2 Å². The first-order valence-electron chi connectivity index (χ1n) is 12.6. The van der Waals surface area contributed by atoms with Gasteiger partial charge in [0.2, 0.25) is 5.91 Å². The van der Waals surface area contributed by atoms with Crippen LogP contribution >= 0.6 is 11.3 Å². The molecule has 1 saturated heterocycles. The molecule has 11 heteroatoms. The Labute approximate surface area is 218 Å². The van der Waals surface area contributed by atoms with Gasteiger partial charge in [0, 0.05) is 48.2 Å². The van der Waals surface area contributed by atoms with Crippen LogP contribution in [0.1, 0.15) is 43.4 Å². The number of Topliss-reactive ketones (excluding diaryl/α,β-unsaturated/α-hetero) is 1. The number of hydrogen-bond acceptors (Lipinski definition) is 9. The third-order valence-electron chi connectivity index (χ3n) is 6.55. The minimum atomic E-state index is -0.370. The summed E-state index contributed by atoms with van der Waals surface area (Å²) in [5.41, 5.74) is 4.34. The number of nitrogens with zero attached hydrogens (tertiary/aromatic N) is 4. The third kappa shape index (κ3) is 5.95. The van der Waals surface area contributed by atoms with E-state index in [-0.39, 0.29) is 11.7 Å². The minimum Gasteiger partial charge on any atom is -0.378 e. The van der Waals surface area contributed by atoms with Gasteiger partial charge in [-0.15, -0.1) is 11.3 Å². The molecule has 10 nitrogen and oxygen atoms in total. The number of unbranched alkanes of at least 4 members (excludes halogenated alkanes) is 3. The lowest BCUT2D eigenvalue weighted by Crippen LogP contribution is -2.36. The second-order valence-electron chi connectivity index (χ2n) is 9.20.